The predicted molar refractivity (Wildman–Crippen MR) is 79.2 cm³/mol. The highest BCUT2D eigenvalue weighted by atomic mass is 16.5. The molecular formula is C14H26N4O3. The summed E-state index contributed by atoms with van der Waals surface area (Å²) >= 11 is 0. The van der Waals surface area contributed by atoms with Crippen LogP contribution in [0.4, 0.5) is 0 Å². The van der Waals surface area contributed by atoms with Crippen molar-refractivity contribution in [2.75, 3.05) is 32.8 Å². The molecule has 2 aliphatic rings. The van der Waals surface area contributed by atoms with Gasteiger partial charge in [0.25, 0.3) is 0 Å². The Hall–Kier alpha value is -1.34. The number of hydrogen-bond donors (Lipinski definition) is 2. The molecule has 2 fully saturated rings. The minimum absolute atomic E-state index is 0.0505. The van der Waals surface area contributed by atoms with Crippen molar-refractivity contribution in [3.63, 3.8) is 0 Å². The van der Waals surface area contributed by atoms with Gasteiger partial charge in [0.05, 0.1) is 18.6 Å². The molecule has 0 aromatic heterocycles. The molecule has 0 aliphatic carbocycles. The summed E-state index contributed by atoms with van der Waals surface area (Å²) in [6, 6.07) is -0.0505. The number of rotatable bonds is 5. The second-order valence-electron chi connectivity index (χ2n) is 5.70. The van der Waals surface area contributed by atoms with Crippen molar-refractivity contribution >= 4 is 11.7 Å². The van der Waals surface area contributed by atoms with Crippen molar-refractivity contribution in [2.45, 2.75) is 44.8 Å². The maximum atomic E-state index is 12.2. The fraction of sp³-hybridized carbons (Fsp3) is 0.857. The van der Waals surface area contributed by atoms with Gasteiger partial charge in [0.15, 0.2) is 5.84 Å². The highest BCUT2D eigenvalue weighted by molar-refractivity contribution is 5.85. The molecule has 120 valence electrons. The maximum Gasteiger partial charge on any atom is 0.225 e. The van der Waals surface area contributed by atoms with Crippen molar-refractivity contribution in [1.82, 2.24) is 9.80 Å². The number of oxime groups is 1. The van der Waals surface area contributed by atoms with Crippen LogP contribution in [0.25, 0.3) is 0 Å². The summed E-state index contributed by atoms with van der Waals surface area (Å²) < 4.78 is 5.52. The Labute approximate surface area is 125 Å². The molecule has 0 bridgehead atoms. The van der Waals surface area contributed by atoms with Gasteiger partial charge >= 0.3 is 0 Å². The summed E-state index contributed by atoms with van der Waals surface area (Å²) in [5.74, 6) is 0.426. The molecule has 2 rings (SSSR count). The number of carbonyl (C=O) groups excluding carboxylic acids is 1. The molecule has 0 saturated carbocycles. The number of nitrogens with zero attached hydrogens (tertiary/aromatic N) is 3. The minimum Gasteiger partial charge on any atom is -0.409 e. The van der Waals surface area contributed by atoms with E-state index < -0.39 is 0 Å². The van der Waals surface area contributed by atoms with Crippen molar-refractivity contribution in [3.8, 4) is 0 Å². The van der Waals surface area contributed by atoms with Gasteiger partial charge in [-0.1, -0.05) is 12.1 Å². The summed E-state index contributed by atoms with van der Waals surface area (Å²) in [5, 5.41) is 11.9. The summed E-state index contributed by atoms with van der Waals surface area (Å²) in [5.41, 5.74) is 5.72. The molecule has 7 nitrogen and oxygen atoms in total. The van der Waals surface area contributed by atoms with E-state index in [4.69, 9.17) is 15.7 Å². The molecular weight excluding hydrogens is 272 g/mol. The Kier molecular flexibility index (Phi) is 5.81. The average molecular weight is 298 g/mol. The summed E-state index contributed by atoms with van der Waals surface area (Å²) in [6.45, 7) is 5.70. The van der Waals surface area contributed by atoms with Gasteiger partial charge < -0.3 is 20.6 Å². The van der Waals surface area contributed by atoms with Gasteiger partial charge in [0, 0.05) is 32.8 Å². The standard InChI is InChI=1S/C14H26N4O3/c1-2-12(14(15)16-20)17-5-7-18(8-6-17)13(19)10-11-4-3-9-21-11/h11-12,20H,2-10H2,1H3,(H2,15,16). The van der Waals surface area contributed by atoms with Crippen LogP contribution < -0.4 is 5.73 Å². The number of nitrogens with two attached hydrogens (primary N) is 1. The molecule has 2 heterocycles. The van der Waals surface area contributed by atoms with Crippen LogP contribution in [-0.2, 0) is 9.53 Å². The predicted octanol–water partition coefficient (Wildman–Crippen LogP) is 0.225. The second kappa shape index (κ2) is 7.61. The Morgan fingerprint density at radius 2 is 2.14 bits per heavy atom. The zero-order valence-electron chi connectivity index (χ0n) is 12.7. The van der Waals surface area contributed by atoms with Gasteiger partial charge in [-0.05, 0) is 19.3 Å². The van der Waals surface area contributed by atoms with E-state index in [0.717, 1.165) is 39.0 Å². The average Bonchev–Trinajstić information content (AvgIpc) is 3.01. The van der Waals surface area contributed by atoms with Crippen molar-refractivity contribution in [1.29, 1.82) is 0 Å². The molecule has 0 spiro atoms. The summed E-state index contributed by atoms with van der Waals surface area (Å²) in [4.78, 5) is 16.3. The lowest BCUT2D eigenvalue weighted by Crippen LogP contribution is -2.55. The van der Waals surface area contributed by atoms with Crippen LogP contribution in [0.1, 0.15) is 32.6 Å². The molecule has 0 radical (unpaired) electrons. The number of amides is 1. The van der Waals surface area contributed by atoms with E-state index in [1.54, 1.807) is 0 Å². The molecule has 2 aliphatic heterocycles. The van der Waals surface area contributed by atoms with Crippen LogP contribution in [0.5, 0.6) is 0 Å². The summed E-state index contributed by atoms with van der Waals surface area (Å²) in [6.07, 6.45) is 3.45. The van der Waals surface area contributed by atoms with E-state index in [1.807, 2.05) is 11.8 Å². The fourth-order valence-corrected chi connectivity index (χ4v) is 3.13. The van der Waals surface area contributed by atoms with Gasteiger partial charge in [0.2, 0.25) is 5.91 Å². The first-order valence-corrected chi connectivity index (χ1v) is 7.76. The van der Waals surface area contributed by atoms with Crippen LogP contribution in [0.15, 0.2) is 5.16 Å². The van der Waals surface area contributed by atoms with E-state index in [2.05, 4.69) is 10.1 Å². The molecule has 0 aromatic carbocycles. The molecule has 1 amide bonds. The highest BCUT2D eigenvalue weighted by Crippen LogP contribution is 2.17. The zero-order valence-corrected chi connectivity index (χ0v) is 12.7. The SMILES string of the molecule is CCC(C(N)=NO)N1CCN(C(=O)CC2CCCO2)CC1. The van der Waals surface area contributed by atoms with Crippen LogP contribution >= 0.6 is 0 Å². The number of carbonyl (C=O) groups is 1. The third kappa shape index (κ3) is 4.07. The lowest BCUT2D eigenvalue weighted by molar-refractivity contribution is -0.135. The first kappa shape index (κ1) is 16.0. The Morgan fingerprint density at radius 1 is 1.43 bits per heavy atom. The largest absolute Gasteiger partial charge is 0.409 e. The second-order valence-corrected chi connectivity index (χ2v) is 5.70. The molecule has 7 heteroatoms. The molecule has 2 unspecified atom stereocenters. The van der Waals surface area contributed by atoms with E-state index in [0.29, 0.717) is 19.5 Å². The van der Waals surface area contributed by atoms with Crippen LogP contribution in [-0.4, -0.2) is 71.7 Å². The maximum absolute atomic E-state index is 12.2. The smallest absolute Gasteiger partial charge is 0.225 e. The third-order valence-corrected chi connectivity index (χ3v) is 4.38. The number of hydrogen-bond acceptors (Lipinski definition) is 5. The highest BCUT2D eigenvalue weighted by Gasteiger charge is 2.29. The third-order valence-electron chi connectivity index (χ3n) is 4.38. The lowest BCUT2D eigenvalue weighted by Gasteiger charge is -2.38. The first-order valence-electron chi connectivity index (χ1n) is 7.76. The summed E-state index contributed by atoms with van der Waals surface area (Å²) in [7, 11) is 0. The van der Waals surface area contributed by atoms with Crippen LogP contribution in [0.3, 0.4) is 0 Å². The molecule has 0 aromatic rings. The molecule has 2 saturated heterocycles. The van der Waals surface area contributed by atoms with Gasteiger partial charge in [-0.15, -0.1) is 0 Å². The van der Waals surface area contributed by atoms with Crippen molar-refractivity contribution in [3.05, 3.63) is 0 Å². The normalized spacial score (nSPS) is 26.0. The molecule has 3 N–H and O–H groups in total. The fourth-order valence-electron chi connectivity index (χ4n) is 3.13. The van der Waals surface area contributed by atoms with E-state index >= 15 is 0 Å². The van der Waals surface area contributed by atoms with Crippen LogP contribution in [0.2, 0.25) is 0 Å². The quantitative estimate of drug-likeness (QED) is 0.328. The van der Waals surface area contributed by atoms with Gasteiger partial charge in [-0.25, -0.2) is 0 Å². The first-order chi connectivity index (χ1) is 10.2. The van der Waals surface area contributed by atoms with E-state index in [-0.39, 0.29) is 23.9 Å². The van der Waals surface area contributed by atoms with Crippen molar-refractivity contribution < 1.29 is 14.7 Å². The van der Waals surface area contributed by atoms with Crippen LogP contribution in [0, 0.1) is 0 Å². The Balaban J connectivity index is 1.80. The van der Waals surface area contributed by atoms with Crippen molar-refractivity contribution in [2.24, 2.45) is 10.9 Å². The topological polar surface area (TPSA) is 91.4 Å². The van der Waals surface area contributed by atoms with E-state index in [1.165, 1.54) is 0 Å². The molecule has 2 atom stereocenters. The van der Waals surface area contributed by atoms with E-state index in [9.17, 15) is 4.79 Å². The lowest BCUT2D eigenvalue weighted by atomic mass is 10.1. The number of ether oxygens (including phenoxy) is 1. The monoisotopic (exact) mass is 298 g/mol. The minimum atomic E-state index is -0.0505. The number of piperazine rings is 1. The van der Waals surface area contributed by atoms with Gasteiger partial charge in [0.1, 0.15) is 0 Å². The number of amidine groups is 1. The van der Waals surface area contributed by atoms with Gasteiger partial charge in [-0.2, -0.15) is 0 Å². The van der Waals surface area contributed by atoms with Gasteiger partial charge in [-0.3, -0.25) is 9.69 Å². The zero-order chi connectivity index (χ0) is 15.2. The molecule has 21 heavy (non-hydrogen) atoms. The Bertz CT molecular complexity index is 374. The Morgan fingerprint density at radius 3 is 2.67 bits per heavy atom.